The van der Waals surface area contributed by atoms with Crippen LogP contribution in [0.2, 0.25) is 0 Å². The van der Waals surface area contributed by atoms with Crippen LogP contribution in [0.4, 0.5) is 0 Å². The van der Waals surface area contributed by atoms with E-state index >= 15 is 0 Å². The Morgan fingerprint density at radius 2 is 1.94 bits per heavy atom. The molecule has 0 spiro atoms. The van der Waals surface area contributed by atoms with Gasteiger partial charge in [0, 0.05) is 12.0 Å². The summed E-state index contributed by atoms with van der Waals surface area (Å²) in [4.78, 5) is 22.4. The van der Waals surface area contributed by atoms with Crippen LogP contribution in [-0.4, -0.2) is 28.1 Å². The number of phenolic OH excluding ortho intramolecular Hbond substituents is 1. The SMILES string of the molecule is C#CCC(NC(=O)c1ccc(O)cc1)C(=O)O. The lowest BCUT2D eigenvalue weighted by atomic mass is 10.1. The molecule has 1 amide bonds. The third-order valence-corrected chi connectivity index (χ3v) is 2.05. The van der Waals surface area contributed by atoms with Gasteiger partial charge in [0.2, 0.25) is 0 Å². The highest BCUT2D eigenvalue weighted by atomic mass is 16.4. The van der Waals surface area contributed by atoms with Gasteiger partial charge in [-0.3, -0.25) is 4.79 Å². The van der Waals surface area contributed by atoms with Crippen molar-refractivity contribution in [2.75, 3.05) is 0 Å². The van der Waals surface area contributed by atoms with Crippen LogP contribution >= 0.6 is 0 Å². The molecule has 5 heteroatoms. The largest absolute Gasteiger partial charge is 0.508 e. The van der Waals surface area contributed by atoms with Gasteiger partial charge in [0.1, 0.15) is 11.8 Å². The Morgan fingerprint density at radius 3 is 2.41 bits per heavy atom. The summed E-state index contributed by atoms with van der Waals surface area (Å²) in [6, 6.07) is 4.35. The number of phenols is 1. The van der Waals surface area contributed by atoms with Gasteiger partial charge in [-0.15, -0.1) is 12.3 Å². The predicted molar refractivity (Wildman–Crippen MR) is 60.4 cm³/mol. The third-order valence-electron chi connectivity index (χ3n) is 2.05. The quantitative estimate of drug-likeness (QED) is 0.664. The Bertz CT molecular complexity index is 458. The van der Waals surface area contributed by atoms with Crippen LogP contribution in [0.25, 0.3) is 0 Å². The lowest BCUT2D eigenvalue weighted by molar-refractivity contribution is -0.139. The number of benzene rings is 1. The molecule has 0 saturated heterocycles. The summed E-state index contributed by atoms with van der Waals surface area (Å²) in [5, 5.41) is 20.1. The molecule has 17 heavy (non-hydrogen) atoms. The van der Waals surface area contributed by atoms with Crippen molar-refractivity contribution >= 4 is 11.9 Å². The zero-order valence-corrected chi connectivity index (χ0v) is 8.88. The topological polar surface area (TPSA) is 86.6 Å². The van der Waals surface area contributed by atoms with Crippen molar-refractivity contribution in [1.82, 2.24) is 5.32 Å². The Balaban J connectivity index is 2.74. The molecule has 0 heterocycles. The molecule has 0 aliphatic carbocycles. The van der Waals surface area contributed by atoms with Gasteiger partial charge in [0.05, 0.1) is 0 Å². The smallest absolute Gasteiger partial charge is 0.327 e. The van der Waals surface area contributed by atoms with E-state index in [0.29, 0.717) is 0 Å². The van der Waals surface area contributed by atoms with Crippen molar-refractivity contribution in [1.29, 1.82) is 0 Å². The summed E-state index contributed by atoms with van der Waals surface area (Å²) < 4.78 is 0. The number of aromatic hydroxyl groups is 1. The molecule has 1 atom stereocenters. The fourth-order valence-corrected chi connectivity index (χ4v) is 1.17. The molecular weight excluding hydrogens is 222 g/mol. The highest BCUT2D eigenvalue weighted by Crippen LogP contribution is 2.09. The number of hydrogen-bond acceptors (Lipinski definition) is 3. The van der Waals surface area contributed by atoms with E-state index in [4.69, 9.17) is 16.6 Å². The van der Waals surface area contributed by atoms with Gasteiger partial charge in [0.25, 0.3) is 5.91 Å². The molecule has 0 fully saturated rings. The van der Waals surface area contributed by atoms with E-state index in [0.717, 1.165) is 0 Å². The lowest BCUT2D eigenvalue weighted by Crippen LogP contribution is -2.40. The fraction of sp³-hybridized carbons (Fsp3) is 0.167. The molecule has 1 aromatic carbocycles. The van der Waals surface area contributed by atoms with Crippen LogP contribution in [0.3, 0.4) is 0 Å². The van der Waals surface area contributed by atoms with Crippen molar-refractivity contribution in [2.45, 2.75) is 12.5 Å². The van der Waals surface area contributed by atoms with Gasteiger partial charge in [-0.25, -0.2) is 4.79 Å². The second-order valence-electron chi connectivity index (χ2n) is 3.32. The van der Waals surface area contributed by atoms with Gasteiger partial charge in [-0.2, -0.15) is 0 Å². The Morgan fingerprint density at radius 1 is 1.35 bits per heavy atom. The van der Waals surface area contributed by atoms with Crippen LogP contribution in [0.5, 0.6) is 5.75 Å². The van der Waals surface area contributed by atoms with E-state index in [9.17, 15) is 9.59 Å². The monoisotopic (exact) mass is 233 g/mol. The third kappa shape index (κ3) is 3.54. The van der Waals surface area contributed by atoms with Crippen molar-refractivity contribution in [3.8, 4) is 18.1 Å². The Kier molecular flexibility index (Phi) is 4.12. The standard InChI is InChI=1S/C12H11NO4/c1-2-3-10(12(16)17)13-11(15)8-4-6-9(14)7-5-8/h1,4-7,10,14H,3H2,(H,13,15)(H,16,17). The number of terminal acetylenes is 1. The number of carbonyl (C=O) groups excluding carboxylic acids is 1. The molecule has 1 aromatic rings. The fourth-order valence-electron chi connectivity index (χ4n) is 1.17. The maximum Gasteiger partial charge on any atom is 0.327 e. The Hall–Kier alpha value is -2.48. The van der Waals surface area contributed by atoms with E-state index < -0.39 is 17.9 Å². The first-order valence-corrected chi connectivity index (χ1v) is 4.80. The van der Waals surface area contributed by atoms with Crippen molar-refractivity contribution in [2.24, 2.45) is 0 Å². The number of amides is 1. The van der Waals surface area contributed by atoms with Gasteiger partial charge in [-0.05, 0) is 24.3 Å². The lowest BCUT2D eigenvalue weighted by Gasteiger charge is -2.11. The maximum absolute atomic E-state index is 11.6. The molecule has 0 aliphatic heterocycles. The minimum atomic E-state index is -1.19. The zero-order chi connectivity index (χ0) is 12.8. The molecule has 1 unspecified atom stereocenters. The number of carboxylic acid groups (broad SMARTS) is 1. The van der Waals surface area contributed by atoms with Crippen LogP contribution in [0.1, 0.15) is 16.8 Å². The molecule has 0 bridgehead atoms. The van der Waals surface area contributed by atoms with E-state index in [1.807, 2.05) is 0 Å². The summed E-state index contributed by atoms with van der Waals surface area (Å²) in [7, 11) is 0. The maximum atomic E-state index is 11.6. The van der Waals surface area contributed by atoms with Gasteiger partial charge in [-0.1, -0.05) is 0 Å². The van der Waals surface area contributed by atoms with Crippen LogP contribution < -0.4 is 5.32 Å². The summed E-state index contributed by atoms with van der Waals surface area (Å²) >= 11 is 0. The van der Waals surface area contributed by atoms with Crippen LogP contribution in [0, 0.1) is 12.3 Å². The van der Waals surface area contributed by atoms with Crippen LogP contribution in [-0.2, 0) is 4.79 Å². The number of rotatable bonds is 4. The van der Waals surface area contributed by atoms with Crippen molar-refractivity contribution in [3.63, 3.8) is 0 Å². The van der Waals surface area contributed by atoms with Crippen molar-refractivity contribution < 1.29 is 19.8 Å². The highest BCUT2D eigenvalue weighted by molar-refractivity contribution is 5.96. The molecule has 88 valence electrons. The summed E-state index contributed by atoms with van der Waals surface area (Å²) in [5.74, 6) is 0.474. The van der Waals surface area contributed by atoms with Gasteiger partial charge < -0.3 is 15.5 Å². The average Bonchev–Trinajstić information content (AvgIpc) is 2.29. The second kappa shape index (κ2) is 5.56. The number of carboxylic acids is 1. The second-order valence-corrected chi connectivity index (χ2v) is 3.32. The molecule has 1 rings (SSSR count). The normalized spacial score (nSPS) is 11.2. The van der Waals surface area contributed by atoms with E-state index in [2.05, 4.69) is 11.2 Å². The molecule has 0 aromatic heterocycles. The van der Waals surface area contributed by atoms with E-state index in [1.165, 1.54) is 24.3 Å². The minimum absolute atomic E-state index is 0.0277. The molecule has 0 aliphatic rings. The van der Waals surface area contributed by atoms with E-state index in [-0.39, 0.29) is 17.7 Å². The minimum Gasteiger partial charge on any atom is -0.508 e. The van der Waals surface area contributed by atoms with E-state index in [1.54, 1.807) is 0 Å². The average molecular weight is 233 g/mol. The summed E-state index contributed by atoms with van der Waals surface area (Å²) in [6.07, 6.45) is 4.92. The first-order chi connectivity index (χ1) is 8.04. The zero-order valence-electron chi connectivity index (χ0n) is 8.88. The molecular formula is C12H11NO4. The number of nitrogens with one attached hydrogen (secondary N) is 1. The molecule has 5 nitrogen and oxygen atoms in total. The highest BCUT2D eigenvalue weighted by Gasteiger charge is 2.19. The Labute approximate surface area is 98.1 Å². The first kappa shape index (κ1) is 12.6. The summed E-state index contributed by atoms with van der Waals surface area (Å²) in [5.41, 5.74) is 0.256. The van der Waals surface area contributed by atoms with Gasteiger partial charge >= 0.3 is 5.97 Å². The number of hydrogen-bond donors (Lipinski definition) is 3. The molecule has 0 saturated carbocycles. The molecule has 3 N–H and O–H groups in total. The molecule has 0 radical (unpaired) electrons. The predicted octanol–water partition coefficient (Wildman–Crippen LogP) is 0.598. The number of carbonyl (C=O) groups is 2. The van der Waals surface area contributed by atoms with Crippen molar-refractivity contribution in [3.05, 3.63) is 29.8 Å². The van der Waals surface area contributed by atoms with Crippen LogP contribution in [0.15, 0.2) is 24.3 Å². The van der Waals surface area contributed by atoms with Gasteiger partial charge in [0.15, 0.2) is 0 Å². The summed E-state index contributed by atoms with van der Waals surface area (Å²) in [6.45, 7) is 0. The first-order valence-electron chi connectivity index (χ1n) is 4.80. The number of aliphatic carboxylic acids is 1.